The van der Waals surface area contributed by atoms with Crippen LogP contribution in [0.15, 0.2) is 78.9 Å². The highest BCUT2D eigenvalue weighted by Gasteiger charge is 2.68. The fraction of sp³-hybridized carbons (Fsp3) is 0.241. The van der Waals surface area contributed by atoms with Crippen molar-refractivity contribution in [1.82, 2.24) is 10.2 Å². The number of carboxylic acid groups (broad SMARTS) is 1. The van der Waals surface area contributed by atoms with Crippen molar-refractivity contribution in [1.29, 1.82) is 5.41 Å². The van der Waals surface area contributed by atoms with E-state index in [1.807, 2.05) is 30.3 Å². The summed E-state index contributed by atoms with van der Waals surface area (Å²) < 4.78 is 5.88. The summed E-state index contributed by atoms with van der Waals surface area (Å²) in [5.74, 6) is -4.57. The zero-order valence-corrected chi connectivity index (χ0v) is 21.0. The number of nitrogens with two attached hydrogens (primary N) is 2. The van der Waals surface area contributed by atoms with E-state index < -0.39 is 41.2 Å². The summed E-state index contributed by atoms with van der Waals surface area (Å²) in [4.78, 5) is 41.6. The first-order valence-electron chi connectivity index (χ1n) is 12.5. The molecule has 5 rings (SSSR count). The number of nitrogens with zero attached hydrogens (tertiary/aromatic N) is 1. The third kappa shape index (κ3) is 4.75. The molecule has 0 saturated carbocycles. The fourth-order valence-corrected chi connectivity index (χ4v) is 5.48. The molecule has 2 amide bonds. The maximum absolute atomic E-state index is 13.8. The summed E-state index contributed by atoms with van der Waals surface area (Å²) in [6.07, 6.45) is 0. The Bertz CT molecular complexity index is 1410. The third-order valence-corrected chi connectivity index (χ3v) is 7.47. The van der Waals surface area contributed by atoms with Crippen LogP contribution < -0.4 is 16.8 Å². The molecule has 2 aliphatic heterocycles. The smallest absolute Gasteiger partial charge is 0.327 e. The summed E-state index contributed by atoms with van der Waals surface area (Å²) in [6, 6.07) is 22.0. The number of carbonyl (C=O) groups excluding carboxylic acids is 2. The molecule has 10 heteroatoms. The molecule has 2 aliphatic rings. The van der Waals surface area contributed by atoms with Crippen LogP contribution in [0.5, 0.6) is 0 Å². The predicted molar refractivity (Wildman–Crippen MR) is 143 cm³/mol. The highest BCUT2D eigenvalue weighted by molar-refractivity contribution is 6.09. The molecule has 2 saturated heterocycles. The number of fused-ring (bicyclic) bond motifs is 1. The number of likely N-dealkylation sites (tertiary alicyclic amines) is 1. The van der Waals surface area contributed by atoms with E-state index in [2.05, 4.69) is 5.32 Å². The first-order chi connectivity index (χ1) is 18.7. The van der Waals surface area contributed by atoms with Crippen molar-refractivity contribution in [3.63, 3.8) is 0 Å². The van der Waals surface area contributed by atoms with Gasteiger partial charge in [-0.15, -0.1) is 0 Å². The minimum absolute atomic E-state index is 0.00150. The van der Waals surface area contributed by atoms with Gasteiger partial charge in [0.15, 0.2) is 5.54 Å². The van der Waals surface area contributed by atoms with E-state index in [-0.39, 0.29) is 25.6 Å². The summed E-state index contributed by atoms with van der Waals surface area (Å²) in [6.45, 7) is -0.180. The van der Waals surface area contributed by atoms with Crippen molar-refractivity contribution < 1.29 is 24.2 Å². The van der Waals surface area contributed by atoms with Crippen LogP contribution in [0, 0.1) is 17.2 Å². The predicted octanol–water partition coefficient (Wildman–Crippen LogP) is 2.04. The van der Waals surface area contributed by atoms with E-state index in [1.54, 1.807) is 48.5 Å². The monoisotopic (exact) mass is 527 g/mol. The molecule has 0 radical (unpaired) electrons. The van der Waals surface area contributed by atoms with E-state index >= 15 is 0 Å². The summed E-state index contributed by atoms with van der Waals surface area (Å²) in [5.41, 5.74) is 12.7. The Balaban J connectivity index is 1.50. The lowest BCUT2D eigenvalue weighted by Crippen LogP contribution is -2.58. The molecule has 3 aromatic carbocycles. The Hall–Kier alpha value is -4.54. The second-order valence-corrected chi connectivity index (χ2v) is 9.92. The lowest BCUT2D eigenvalue weighted by Gasteiger charge is -2.31. The van der Waals surface area contributed by atoms with Gasteiger partial charge >= 0.3 is 5.97 Å². The van der Waals surface area contributed by atoms with E-state index in [0.717, 1.165) is 10.5 Å². The molecular weight excluding hydrogens is 498 g/mol. The number of anilines is 1. The van der Waals surface area contributed by atoms with E-state index in [0.29, 0.717) is 22.4 Å². The van der Waals surface area contributed by atoms with E-state index in [1.165, 1.54) is 0 Å². The van der Waals surface area contributed by atoms with Crippen LogP contribution in [-0.4, -0.2) is 45.8 Å². The van der Waals surface area contributed by atoms with Gasteiger partial charge in [0.1, 0.15) is 5.84 Å². The summed E-state index contributed by atoms with van der Waals surface area (Å²) in [7, 11) is 0. The number of amidine groups is 1. The summed E-state index contributed by atoms with van der Waals surface area (Å²) >= 11 is 0. The lowest BCUT2D eigenvalue weighted by molar-refractivity contribution is -0.155. The van der Waals surface area contributed by atoms with Crippen LogP contribution in [0.25, 0.3) is 0 Å². The van der Waals surface area contributed by atoms with Crippen LogP contribution in [0.3, 0.4) is 0 Å². The highest BCUT2D eigenvalue weighted by atomic mass is 16.5. The minimum Gasteiger partial charge on any atom is -0.480 e. The first kappa shape index (κ1) is 26.1. The number of hydrogen-bond acceptors (Lipinski definition) is 7. The second kappa shape index (κ2) is 10.3. The van der Waals surface area contributed by atoms with Gasteiger partial charge in [-0.2, -0.15) is 0 Å². The van der Waals surface area contributed by atoms with Crippen molar-refractivity contribution in [2.24, 2.45) is 17.6 Å². The number of ether oxygens (including phenoxy) is 1. The van der Waals surface area contributed by atoms with Crippen LogP contribution in [-0.2, 0) is 32.3 Å². The molecule has 39 heavy (non-hydrogen) atoms. The zero-order valence-electron chi connectivity index (χ0n) is 21.0. The SMILES string of the molecule is N=C(N)c1ccc(C2NC(COCc3ccccc3)(C(=O)O)C3C(=O)N(Cc4ccc(N)cc4)C(=O)C23)cc1. The minimum atomic E-state index is -1.84. The van der Waals surface area contributed by atoms with E-state index in [9.17, 15) is 19.5 Å². The van der Waals surface area contributed by atoms with Gasteiger partial charge in [0, 0.05) is 17.3 Å². The number of rotatable bonds is 9. The Kier molecular flexibility index (Phi) is 6.90. The fourth-order valence-electron chi connectivity index (χ4n) is 5.48. The van der Waals surface area contributed by atoms with Crippen LogP contribution in [0.1, 0.15) is 28.3 Å². The Morgan fingerprint density at radius 1 is 0.974 bits per heavy atom. The maximum Gasteiger partial charge on any atom is 0.327 e. The number of imide groups is 1. The number of carboxylic acids is 1. The Labute approximate surface area is 225 Å². The molecule has 0 aromatic heterocycles. The Morgan fingerprint density at radius 2 is 1.64 bits per heavy atom. The van der Waals surface area contributed by atoms with Gasteiger partial charge in [-0.1, -0.05) is 66.7 Å². The van der Waals surface area contributed by atoms with Gasteiger partial charge in [-0.05, 0) is 28.8 Å². The van der Waals surface area contributed by atoms with E-state index in [4.69, 9.17) is 21.6 Å². The third-order valence-electron chi connectivity index (χ3n) is 7.47. The number of aliphatic carboxylic acids is 1. The lowest BCUT2D eigenvalue weighted by atomic mass is 9.79. The molecule has 3 aromatic rings. The molecule has 10 nitrogen and oxygen atoms in total. The average molecular weight is 528 g/mol. The first-order valence-corrected chi connectivity index (χ1v) is 12.5. The zero-order chi connectivity index (χ0) is 27.7. The molecule has 0 spiro atoms. The number of hydrogen-bond donors (Lipinski definition) is 5. The van der Waals surface area contributed by atoms with Crippen molar-refractivity contribution in [3.8, 4) is 0 Å². The topological polar surface area (TPSA) is 172 Å². The van der Waals surface area contributed by atoms with Crippen LogP contribution >= 0.6 is 0 Å². The largest absolute Gasteiger partial charge is 0.480 e. The Morgan fingerprint density at radius 3 is 2.26 bits per heavy atom. The van der Waals surface area contributed by atoms with Crippen LogP contribution in [0.2, 0.25) is 0 Å². The summed E-state index contributed by atoms with van der Waals surface area (Å²) in [5, 5.41) is 21.3. The molecule has 2 fully saturated rings. The van der Waals surface area contributed by atoms with Crippen LogP contribution in [0.4, 0.5) is 5.69 Å². The van der Waals surface area contributed by atoms with Crippen molar-refractivity contribution in [2.75, 3.05) is 12.3 Å². The van der Waals surface area contributed by atoms with Crippen molar-refractivity contribution in [2.45, 2.75) is 24.7 Å². The molecule has 2 heterocycles. The van der Waals surface area contributed by atoms with Gasteiger partial charge in [0.2, 0.25) is 11.8 Å². The number of amides is 2. The van der Waals surface area contributed by atoms with Gasteiger partial charge in [-0.3, -0.25) is 30.0 Å². The van der Waals surface area contributed by atoms with Gasteiger partial charge in [0.05, 0.1) is 31.6 Å². The number of carbonyl (C=O) groups is 3. The second-order valence-electron chi connectivity index (χ2n) is 9.92. The standard InChI is InChI=1S/C29H29N5O5/c30-21-12-6-17(7-13-21)14-34-26(35)22-23(27(34)36)29(28(37)38,16-39-15-18-4-2-1-3-5-18)33-24(22)19-8-10-20(11-9-19)25(31)32/h1-13,22-24,33H,14-16,30H2,(H3,31,32)(H,37,38). The quantitative estimate of drug-likeness (QED) is 0.122. The number of nitrogen functional groups attached to an aromatic ring is 2. The normalized spacial score (nSPS) is 24.1. The molecular formula is C29H29N5O5. The van der Waals surface area contributed by atoms with Gasteiger partial charge < -0.3 is 21.3 Å². The van der Waals surface area contributed by atoms with Crippen molar-refractivity contribution in [3.05, 3.63) is 101 Å². The molecule has 4 unspecified atom stereocenters. The molecule has 7 N–H and O–H groups in total. The molecule has 4 atom stereocenters. The van der Waals surface area contributed by atoms with Crippen molar-refractivity contribution >= 4 is 29.3 Å². The number of benzene rings is 3. The molecule has 0 bridgehead atoms. The molecule has 200 valence electrons. The maximum atomic E-state index is 13.8. The van der Waals surface area contributed by atoms with Gasteiger partial charge in [-0.25, -0.2) is 0 Å². The average Bonchev–Trinajstić information content (AvgIpc) is 3.40. The number of nitrogens with one attached hydrogen (secondary N) is 2. The highest BCUT2D eigenvalue weighted by Crippen LogP contribution is 2.49. The molecule has 0 aliphatic carbocycles. The van der Waals surface area contributed by atoms with Gasteiger partial charge in [0.25, 0.3) is 0 Å².